The van der Waals surface area contributed by atoms with Crippen LogP contribution in [0.25, 0.3) is 0 Å². The van der Waals surface area contributed by atoms with Gasteiger partial charge in [0.05, 0.1) is 30.3 Å². The lowest BCUT2D eigenvalue weighted by Crippen LogP contribution is -2.45. The van der Waals surface area contributed by atoms with E-state index in [1.807, 2.05) is 11.3 Å². The van der Waals surface area contributed by atoms with Crippen LogP contribution in [-0.4, -0.2) is 53.0 Å². The van der Waals surface area contributed by atoms with Crippen LogP contribution in [0, 0.1) is 0 Å². The van der Waals surface area contributed by atoms with Gasteiger partial charge < -0.3 is 9.64 Å². The summed E-state index contributed by atoms with van der Waals surface area (Å²) in [7, 11) is 0. The summed E-state index contributed by atoms with van der Waals surface area (Å²) in [4.78, 5) is 22.6. The van der Waals surface area contributed by atoms with Crippen LogP contribution >= 0.6 is 11.3 Å². The third-order valence-corrected chi connectivity index (χ3v) is 6.06. The van der Waals surface area contributed by atoms with Crippen molar-refractivity contribution < 1.29 is 9.53 Å². The topological polar surface area (TPSA) is 45.7 Å². The van der Waals surface area contributed by atoms with Crippen molar-refractivity contribution in [2.75, 3.05) is 26.2 Å². The molecule has 0 spiro atoms. The predicted octanol–water partition coefficient (Wildman–Crippen LogP) is 1.80. The van der Waals surface area contributed by atoms with Crippen LogP contribution in [-0.2, 0) is 29.1 Å². The minimum Gasteiger partial charge on any atom is -0.375 e. The van der Waals surface area contributed by atoms with Crippen LogP contribution < -0.4 is 0 Å². The Morgan fingerprint density at radius 2 is 2.09 bits per heavy atom. The fourth-order valence-electron chi connectivity index (χ4n) is 3.78. The molecule has 0 atom stereocenters. The number of hydrogen-bond acceptors (Lipinski definition) is 5. The lowest BCUT2D eigenvalue weighted by molar-refractivity contribution is -0.130. The lowest BCUT2D eigenvalue weighted by Gasteiger charge is -2.36. The van der Waals surface area contributed by atoms with Gasteiger partial charge in [-0.3, -0.25) is 9.69 Å². The van der Waals surface area contributed by atoms with Crippen molar-refractivity contribution in [3.63, 3.8) is 0 Å². The minimum atomic E-state index is 0.367. The number of fused-ring (bicyclic) bond motifs is 1. The molecule has 1 aromatic heterocycles. The van der Waals surface area contributed by atoms with E-state index in [0.29, 0.717) is 11.9 Å². The van der Waals surface area contributed by atoms with Crippen LogP contribution in [0.4, 0.5) is 0 Å². The SMILES string of the molecule is O=C1CCCN1C1CCN(Cc2nc3c(s2)COCC3)CC1. The molecule has 0 radical (unpaired) electrons. The highest BCUT2D eigenvalue weighted by atomic mass is 32.1. The van der Waals surface area contributed by atoms with Gasteiger partial charge >= 0.3 is 0 Å². The highest BCUT2D eigenvalue weighted by Gasteiger charge is 2.30. The first-order chi connectivity index (χ1) is 10.8. The number of likely N-dealkylation sites (tertiary alicyclic amines) is 2. The maximum atomic E-state index is 11.9. The van der Waals surface area contributed by atoms with Crippen molar-refractivity contribution in [2.24, 2.45) is 0 Å². The molecule has 2 saturated heterocycles. The van der Waals surface area contributed by atoms with Gasteiger partial charge in [-0.2, -0.15) is 0 Å². The van der Waals surface area contributed by atoms with Gasteiger partial charge in [-0.1, -0.05) is 0 Å². The second-order valence-electron chi connectivity index (χ2n) is 6.48. The molecule has 0 N–H and O–H groups in total. The molecule has 0 bridgehead atoms. The monoisotopic (exact) mass is 321 g/mol. The van der Waals surface area contributed by atoms with E-state index < -0.39 is 0 Å². The van der Waals surface area contributed by atoms with E-state index in [1.54, 1.807) is 0 Å². The summed E-state index contributed by atoms with van der Waals surface area (Å²) in [6.45, 7) is 5.64. The summed E-state index contributed by atoms with van der Waals surface area (Å²) >= 11 is 1.81. The van der Waals surface area contributed by atoms with Gasteiger partial charge in [0.15, 0.2) is 0 Å². The van der Waals surface area contributed by atoms with Crippen molar-refractivity contribution in [3.8, 4) is 0 Å². The van der Waals surface area contributed by atoms with Crippen LogP contribution in [0.5, 0.6) is 0 Å². The zero-order valence-electron chi connectivity index (χ0n) is 12.9. The predicted molar refractivity (Wildman–Crippen MR) is 84.7 cm³/mol. The summed E-state index contributed by atoms with van der Waals surface area (Å²) in [5, 5.41) is 1.23. The average Bonchev–Trinajstić information content (AvgIpc) is 3.13. The highest BCUT2D eigenvalue weighted by Crippen LogP contribution is 2.27. The Bertz CT molecular complexity index is 528. The molecule has 5 nitrogen and oxygen atoms in total. The maximum Gasteiger partial charge on any atom is 0.222 e. The van der Waals surface area contributed by atoms with Crippen LogP contribution in [0.15, 0.2) is 0 Å². The number of carbonyl (C=O) groups is 1. The Morgan fingerprint density at radius 1 is 1.23 bits per heavy atom. The largest absolute Gasteiger partial charge is 0.375 e. The average molecular weight is 321 g/mol. The van der Waals surface area contributed by atoms with Crippen molar-refractivity contribution in [1.82, 2.24) is 14.8 Å². The normalized spacial score (nSPS) is 24.0. The van der Waals surface area contributed by atoms with Gasteiger partial charge in [-0.05, 0) is 19.3 Å². The number of nitrogens with zero attached hydrogens (tertiary/aromatic N) is 3. The molecular weight excluding hydrogens is 298 g/mol. The molecule has 22 heavy (non-hydrogen) atoms. The van der Waals surface area contributed by atoms with Crippen molar-refractivity contribution in [3.05, 3.63) is 15.6 Å². The van der Waals surface area contributed by atoms with E-state index in [1.165, 1.54) is 15.6 Å². The Kier molecular flexibility index (Phi) is 4.15. The number of ether oxygens (including phenoxy) is 1. The molecule has 120 valence electrons. The van der Waals surface area contributed by atoms with Gasteiger partial charge in [0, 0.05) is 38.5 Å². The zero-order valence-corrected chi connectivity index (χ0v) is 13.7. The molecule has 4 heterocycles. The van der Waals surface area contributed by atoms with E-state index >= 15 is 0 Å². The molecule has 3 aliphatic rings. The Labute approximate surface area is 135 Å². The number of thiazole rings is 1. The Morgan fingerprint density at radius 3 is 2.82 bits per heavy atom. The van der Waals surface area contributed by atoms with E-state index in [0.717, 1.165) is 71.5 Å². The maximum absolute atomic E-state index is 11.9. The molecule has 2 fully saturated rings. The molecule has 1 amide bonds. The third-order valence-electron chi connectivity index (χ3n) is 5.01. The first-order valence-electron chi connectivity index (χ1n) is 8.36. The Balaban J connectivity index is 1.32. The number of carbonyl (C=O) groups excluding carboxylic acids is 1. The van der Waals surface area contributed by atoms with E-state index in [9.17, 15) is 4.79 Å². The lowest BCUT2D eigenvalue weighted by atomic mass is 10.0. The number of hydrogen-bond donors (Lipinski definition) is 0. The van der Waals surface area contributed by atoms with Crippen molar-refractivity contribution in [2.45, 2.75) is 51.3 Å². The summed E-state index contributed by atoms with van der Waals surface area (Å²) in [6, 6.07) is 0.476. The number of aromatic nitrogens is 1. The molecule has 3 aliphatic heterocycles. The zero-order chi connectivity index (χ0) is 14.9. The van der Waals surface area contributed by atoms with E-state index in [-0.39, 0.29) is 0 Å². The smallest absolute Gasteiger partial charge is 0.222 e. The molecule has 1 aromatic rings. The quantitative estimate of drug-likeness (QED) is 0.852. The van der Waals surface area contributed by atoms with Crippen LogP contribution in [0.2, 0.25) is 0 Å². The first-order valence-corrected chi connectivity index (χ1v) is 9.18. The first kappa shape index (κ1) is 14.6. The van der Waals surface area contributed by atoms with E-state index in [4.69, 9.17) is 9.72 Å². The molecule has 0 saturated carbocycles. The van der Waals surface area contributed by atoms with Crippen LogP contribution in [0.3, 0.4) is 0 Å². The van der Waals surface area contributed by atoms with Gasteiger partial charge in [0.2, 0.25) is 5.91 Å². The Hall–Kier alpha value is -0.980. The third kappa shape index (κ3) is 2.92. The van der Waals surface area contributed by atoms with Gasteiger partial charge in [0.1, 0.15) is 5.01 Å². The number of amides is 1. The molecular formula is C16H23N3O2S. The fraction of sp³-hybridized carbons (Fsp3) is 0.750. The highest BCUT2D eigenvalue weighted by molar-refractivity contribution is 7.11. The number of piperidine rings is 1. The van der Waals surface area contributed by atoms with Crippen molar-refractivity contribution in [1.29, 1.82) is 0 Å². The van der Waals surface area contributed by atoms with Gasteiger partial charge in [-0.25, -0.2) is 4.98 Å². The molecule has 0 aromatic carbocycles. The molecule has 0 unspecified atom stereocenters. The minimum absolute atomic E-state index is 0.367. The summed E-state index contributed by atoms with van der Waals surface area (Å²) in [6.07, 6.45) is 4.99. The summed E-state index contributed by atoms with van der Waals surface area (Å²) in [5.74, 6) is 0.367. The summed E-state index contributed by atoms with van der Waals surface area (Å²) in [5.41, 5.74) is 1.25. The standard InChI is InChI=1S/C16H23N3O2S/c20-16-2-1-6-19(16)12-3-7-18(8-4-12)10-15-17-13-5-9-21-11-14(13)22-15/h12H,1-11H2. The molecule has 4 rings (SSSR count). The van der Waals surface area contributed by atoms with E-state index in [2.05, 4.69) is 9.80 Å². The molecule has 0 aliphatic carbocycles. The molecule has 6 heteroatoms. The second kappa shape index (κ2) is 6.26. The van der Waals surface area contributed by atoms with Crippen molar-refractivity contribution >= 4 is 17.2 Å². The van der Waals surface area contributed by atoms with Crippen LogP contribution in [0.1, 0.15) is 41.3 Å². The fourth-order valence-corrected chi connectivity index (χ4v) is 4.88. The number of rotatable bonds is 3. The van der Waals surface area contributed by atoms with Gasteiger partial charge in [-0.15, -0.1) is 11.3 Å². The second-order valence-corrected chi connectivity index (χ2v) is 7.65. The van der Waals surface area contributed by atoms with Gasteiger partial charge in [0.25, 0.3) is 0 Å². The summed E-state index contributed by atoms with van der Waals surface area (Å²) < 4.78 is 5.50.